The fourth-order valence-corrected chi connectivity index (χ4v) is 4.81. The number of carbonyl (C=O) groups is 4. The van der Waals surface area contributed by atoms with Crippen molar-refractivity contribution >= 4 is 46.5 Å². The summed E-state index contributed by atoms with van der Waals surface area (Å²) in [5.41, 5.74) is -0.212. The summed E-state index contributed by atoms with van der Waals surface area (Å²) < 4.78 is 27.6. The second kappa shape index (κ2) is 11.3. The number of esters is 4. The first kappa shape index (κ1) is 25.4. The number of para-hydroxylation sites is 1. The van der Waals surface area contributed by atoms with E-state index in [-0.39, 0.29) is 6.61 Å². The number of benzene rings is 1. The fraction of sp³-hybridized carbons (Fsp3) is 0.435. The quantitative estimate of drug-likeness (QED) is 0.418. The molecule has 1 aliphatic rings. The molecule has 1 aromatic heterocycles. The average Bonchev–Trinajstić information content (AvgIpc) is 2.75. The van der Waals surface area contributed by atoms with E-state index in [1.165, 1.54) is 39.5 Å². The summed E-state index contributed by atoms with van der Waals surface area (Å²) in [6.45, 7) is 4.52. The van der Waals surface area contributed by atoms with Crippen LogP contribution in [0.15, 0.2) is 41.4 Å². The number of carbonyl (C=O) groups excluding carboxylic acids is 4. The van der Waals surface area contributed by atoms with Gasteiger partial charge in [-0.25, -0.2) is 0 Å². The number of rotatable bonds is 7. The normalized spacial score (nSPS) is 24.2. The minimum absolute atomic E-state index is 0.275. The van der Waals surface area contributed by atoms with Crippen LogP contribution in [-0.4, -0.2) is 65.3 Å². The van der Waals surface area contributed by atoms with E-state index in [1.54, 1.807) is 6.20 Å². The molecule has 182 valence electrons. The lowest BCUT2D eigenvalue weighted by atomic mass is 9.99. The third-order valence-electron chi connectivity index (χ3n) is 4.79. The number of nitrogens with zero attached hydrogens (tertiary/aromatic N) is 1. The van der Waals surface area contributed by atoms with Gasteiger partial charge in [-0.05, 0) is 12.1 Å². The Hall–Kier alpha value is -3.18. The second-order valence-electron chi connectivity index (χ2n) is 7.52. The number of thioether (sulfide) groups is 1. The summed E-state index contributed by atoms with van der Waals surface area (Å²) >= 11 is 1.20. The molecule has 0 N–H and O–H groups in total. The smallest absolute Gasteiger partial charge is 0.303 e. The molecule has 2 heterocycles. The van der Waals surface area contributed by atoms with E-state index in [9.17, 15) is 19.2 Å². The van der Waals surface area contributed by atoms with Crippen LogP contribution in [0, 0.1) is 0 Å². The van der Waals surface area contributed by atoms with Crippen molar-refractivity contribution in [2.24, 2.45) is 0 Å². The Labute approximate surface area is 200 Å². The second-order valence-corrected chi connectivity index (χ2v) is 8.66. The molecule has 1 fully saturated rings. The molecule has 1 saturated heterocycles. The number of pyridine rings is 1. The minimum Gasteiger partial charge on any atom is -0.463 e. The first-order valence-electron chi connectivity index (χ1n) is 10.5. The van der Waals surface area contributed by atoms with Crippen LogP contribution in [0.25, 0.3) is 10.9 Å². The van der Waals surface area contributed by atoms with Crippen LogP contribution in [0.4, 0.5) is 0 Å². The average molecular weight is 492 g/mol. The first-order valence-corrected chi connectivity index (χ1v) is 11.3. The van der Waals surface area contributed by atoms with Crippen LogP contribution in [0.2, 0.25) is 0 Å². The molecule has 10 nitrogen and oxygen atoms in total. The summed E-state index contributed by atoms with van der Waals surface area (Å²) in [4.78, 5) is 52.3. The Balaban J connectivity index is 2.03. The van der Waals surface area contributed by atoms with Crippen LogP contribution in [0.5, 0.6) is 0 Å². The molecule has 34 heavy (non-hydrogen) atoms. The van der Waals surface area contributed by atoms with Crippen molar-refractivity contribution in [2.75, 3.05) is 6.61 Å². The summed E-state index contributed by atoms with van der Waals surface area (Å²) in [7, 11) is 0. The van der Waals surface area contributed by atoms with Gasteiger partial charge >= 0.3 is 23.9 Å². The maximum atomic E-state index is 12.0. The largest absolute Gasteiger partial charge is 0.463 e. The van der Waals surface area contributed by atoms with Gasteiger partial charge in [0.25, 0.3) is 0 Å². The van der Waals surface area contributed by atoms with Gasteiger partial charge < -0.3 is 23.7 Å². The number of ether oxygens (including phenoxy) is 5. The summed E-state index contributed by atoms with van der Waals surface area (Å²) in [6.07, 6.45) is -2.88. The van der Waals surface area contributed by atoms with E-state index in [0.717, 1.165) is 10.3 Å². The highest BCUT2D eigenvalue weighted by Gasteiger charge is 2.52. The van der Waals surface area contributed by atoms with Gasteiger partial charge in [0.15, 0.2) is 18.3 Å². The third-order valence-corrected chi connectivity index (χ3v) is 5.98. The van der Waals surface area contributed by atoms with Gasteiger partial charge in [0.1, 0.15) is 18.1 Å². The van der Waals surface area contributed by atoms with Crippen molar-refractivity contribution in [1.82, 2.24) is 4.98 Å². The summed E-state index contributed by atoms with van der Waals surface area (Å²) in [5, 5.41) is 0.887. The van der Waals surface area contributed by atoms with Crippen molar-refractivity contribution in [2.45, 2.75) is 62.4 Å². The maximum absolute atomic E-state index is 12.0. The Morgan fingerprint density at radius 1 is 0.853 bits per heavy atom. The standard InChI is InChI=1S/C23H25NO9S/c1-12(25)29-11-17-20(30-13(2)26)21(31-14(3)27)22(32-15(4)28)23(33-17)34-18-9-5-7-16-8-6-10-24-19(16)18/h5-10,17,20-23H,11H2,1-4H3/t17-,20-,21+,22-,23?/m1/s1. The highest BCUT2D eigenvalue weighted by Crippen LogP contribution is 2.39. The monoisotopic (exact) mass is 491 g/mol. The van der Waals surface area contributed by atoms with Gasteiger partial charge in [-0.1, -0.05) is 30.0 Å². The maximum Gasteiger partial charge on any atom is 0.303 e. The Bertz CT molecular complexity index is 1070. The van der Waals surface area contributed by atoms with Gasteiger partial charge in [-0.15, -0.1) is 0 Å². The summed E-state index contributed by atoms with van der Waals surface area (Å²) in [5.74, 6) is -2.57. The van der Waals surface area contributed by atoms with Crippen LogP contribution in [-0.2, 0) is 42.9 Å². The molecule has 0 saturated carbocycles. The minimum atomic E-state index is -1.21. The molecular formula is C23H25NO9S. The van der Waals surface area contributed by atoms with Crippen molar-refractivity contribution in [3.8, 4) is 0 Å². The van der Waals surface area contributed by atoms with E-state index in [2.05, 4.69) is 4.98 Å². The van der Waals surface area contributed by atoms with Gasteiger partial charge in [0.2, 0.25) is 0 Å². The van der Waals surface area contributed by atoms with Crippen LogP contribution in [0.1, 0.15) is 27.7 Å². The van der Waals surface area contributed by atoms with Gasteiger partial charge in [0.05, 0.1) is 5.52 Å². The molecule has 3 rings (SSSR count). The van der Waals surface area contributed by atoms with Gasteiger partial charge in [0, 0.05) is 44.2 Å². The Morgan fingerprint density at radius 3 is 2.12 bits per heavy atom. The predicted octanol–water partition coefficient (Wildman–Crippen LogP) is 2.41. The van der Waals surface area contributed by atoms with Crippen molar-refractivity contribution < 1.29 is 42.9 Å². The van der Waals surface area contributed by atoms with Crippen LogP contribution in [0.3, 0.4) is 0 Å². The first-order chi connectivity index (χ1) is 16.2. The number of hydrogen-bond acceptors (Lipinski definition) is 11. The molecule has 1 unspecified atom stereocenters. The molecule has 1 aromatic carbocycles. The molecule has 0 amide bonds. The molecule has 1 aliphatic heterocycles. The lowest BCUT2D eigenvalue weighted by molar-refractivity contribution is -0.237. The highest BCUT2D eigenvalue weighted by molar-refractivity contribution is 8.00. The fourth-order valence-electron chi connectivity index (χ4n) is 3.58. The number of fused-ring (bicyclic) bond motifs is 1. The molecule has 0 radical (unpaired) electrons. The van der Waals surface area contributed by atoms with E-state index in [1.807, 2.05) is 30.3 Å². The third kappa shape index (κ3) is 6.45. The SMILES string of the molecule is CC(=O)OC[C@H]1OC(Sc2cccc3cccnc23)[C@H](OC(C)=O)[C@@H](OC(C)=O)[C@@H]1OC(C)=O. The molecule has 0 spiro atoms. The lowest BCUT2D eigenvalue weighted by Crippen LogP contribution is -2.61. The molecule has 2 aromatic rings. The van der Waals surface area contributed by atoms with Crippen LogP contribution >= 0.6 is 11.8 Å². The summed E-state index contributed by atoms with van der Waals surface area (Å²) in [6, 6.07) is 9.29. The predicted molar refractivity (Wildman–Crippen MR) is 120 cm³/mol. The topological polar surface area (TPSA) is 127 Å². The van der Waals surface area contributed by atoms with Crippen LogP contribution < -0.4 is 0 Å². The van der Waals surface area contributed by atoms with Gasteiger partial charge in [-0.3, -0.25) is 24.2 Å². The van der Waals surface area contributed by atoms with E-state index in [4.69, 9.17) is 23.7 Å². The highest BCUT2D eigenvalue weighted by atomic mass is 32.2. The number of aromatic nitrogens is 1. The Kier molecular flexibility index (Phi) is 8.46. The molecule has 0 bridgehead atoms. The van der Waals surface area contributed by atoms with E-state index in [0.29, 0.717) is 5.52 Å². The van der Waals surface area contributed by atoms with Crippen molar-refractivity contribution in [3.63, 3.8) is 0 Å². The lowest BCUT2D eigenvalue weighted by Gasteiger charge is -2.44. The zero-order chi connectivity index (χ0) is 24.8. The van der Waals surface area contributed by atoms with E-state index >= 15 is 0 Å². The zero-order valence-corrected chi connectivity index (χ0v) is 19.9. The molecule has 0 aliphatic carbocycles. The van der Waals surface area contributed by atoms with Gasteiger partial charge in [-0.2, -0.15) is 0 Å². The molecule has 5 atom stereocenters. The number of hydrogen-bond donors (Lipinski definition) is 0. The van der Waals surface area contributed by atoms with Crippen molar-refractivity contribution in [1.29, 1.82) is 0 Å². The molecular weight excluding hydrogens is 466 g/mol. The molecule has 11 heteroatoms. The zero-order valence-electron chi connectivity index (χ0n) is 19.1. The van der Waals surface area contributed by atoms with E-state index < -0.39 is 53.7 Å². The van der Waals surface area contributed by atoms with Crippen molar-refractivity contribution in [3.05, 3.63) is 36.5 Å². The Morgan fingerprint density at radius 2 is 1.47 bits per heavy atom.